The number of nitrogens with zero attached hydrogens (tertiary/aromatic N) is 4. The van der Waals surface area contributed by atoms with Gasteiger partial charge in [0, 0.05) is 28.4 Å². The number of aryl methyl sites for hydroxylation is 2. The minimum absolute atomic E-state index is 0.0559. The van der Waals surface area contributed by atoms with Crippen molar-refractivity contribution in [2.24, 2.45) is 0 Å². The summed E-state index contributed by atoms with van der Waals surface area (Å²) in [6.07, 6.45) is 1.78. The maximum absolute atomic E-state index is 13.0. The zero-order valence-corrected chi connectivity index (χ0v) is 18.1. The van der Waals surface area contributed by atoms with E-state index in [0.717, 1.165) is 37.3 Å². The van der Waals surface area contributed by atoms with Gasteiger partial charge in [-0.15, -0.1) is 0 Å². The van der Waals surface area contributed by atoms with E-state index in [0.29, 0.717) is 29.4 Å². The van der Waals surface area contributed by atoms with Gasteiger partial charge in [0.2, 0.25) is 5.89 Å². The van der Waals surface area contributed by atoms with Gasteiger partial charge in [-0.1, -0.05) is 23.4 Å². The highest BCUT2D eigenvalue weighted by atomic mass is 16.5. The normalized spacial score (nSPS) is 15.2. The molecule has 8 nitrogen and oxygen atoms in total. The molecule has 0 aliphatic carbocycles. The average Bonchev–Trinajstić information content (AvgIpc) is 3.33. The molecule has 3 aromatic rings. The molecule has 0 atom stereocenters. The van der Waals surface area contributed by atoms with E-state index in [2.05, 4.69) is 20.5 Å². The molecule has 0 unspecified atom stereocenters. The number of aromatic nitrogens is 3. The van der Waals surface area contributed by atoms with Crippen molar-refractivity contribution >= 4 is 11.7 Å². The number of rotatable bonds is 6. The molecule has 1 aliphatic heterocycles. The summed E-state index contributed by atoms with van der Waals surface area (Å²) in [6, 6.07) is 10.9. The molecule has 1 amide bonds. The molecule has 8 heteroatoms. The Balaban J connectivity index is 1.38. The molecule has 1 N–H and O–H groups in total. The van der Waals surface area contributed by atoms with E-state index in [4.69, 9.17) is 4.52 Å². The third-order valence-electron chi connectivity index (χ3n) is 5.83. The molecule has 2 aromatic heterocycles. The first-order chi connectivity index (χ1) is 14.9. The van der Waals surface area contributed by atoms with Crippen molar-refractivity contribution in [3.8, 4) is 0 Å². The van der Waals surface area contributed by atoms with E-state index in [1.165, 1.54) is 0 Å². The zero-order valence-electron chi connectivity index (χ0n) is 18.1. The number of Topliss-reactive ketones (excluding diaryl/α,β-unsaturated/α-hetero) is 1. The van der Waals surface area contributed by atoms with E-state index < -0.39 is 0 Å². The molecule has 1 aromatic carbocycles. The highest BCUT2D eigenvalue weighted by Gasteiger charge is 2.27. The topological polar surface area (TPSA) is 93.3 Å². The first kappa shape index (κ1) is 21.0. The van der Waals surface area contributed by atoms with Gasteiger partial charge in [-0.25, -0.2) is 0 Å². The molecule has 1 saturated heterocycles. The smallest absolute Gasteiger partial charge is 0.270 e. The van der Waals surface area contributed by atoms with Gasteiger partial charge in [0.15, 0.2) is 11.6 Å². The van der Waals surface area contributed by atoms with Crippen molar-refractivity contribution < 1.29 is 14.1 Å². The van der Waals surface area contributed by atoms with Crippen LogP contribution < -0.4 is 5.43 Å². The molecule has 0 radical (unpaired) electrons. The molecule has 31 heavy (non-hydrogen) atoms. The van der Waals surface area contributed by atoms with E-state index in [-0.39, 0.29) is 17.6 Å². The predicted octanol–water partition coefficient (Wildman–Crippen LogP) is 3.24. The second-order valence-corrected chi connectivity index (χ2v) is 8.08. The Kier molecular flexibility index (Phi) is 5.99. The minimum atomic E-state index is -0.209. The Labute approximate surface area is 181 Å². The molecule has 4 rings (SSSR count). The van der Waals surface area contributed by atoms with Gasteiger partial charge in [0.1, 0.15) is 0 Å². The van der Waals surface area contributed by atoms with Crippen molar-refractivity contribution in [3.05, 3.63) is 70.6 Å². The molecule has 1 fully saturated rings. The molecule has 0 saturated carbocycles. The van der Waals surface area contributed by atoms with Crippen LogP contribution in [0.4, 0.5) is 0 Å². The summed E-state index contributed by atoms with van der Waals surface area (Å²) < 4.78 is 6.99. The lowest BCUT2D eigenvalue weighted by Crippen LogP contribution is -2.37. The van der Waals surface area contributed by atoms with E-state index >= 15 is 0 Å². The fraction of sp³-hybridized carbons (Fsp3) is 0.391. The van der Waals surface area contributed by atoms with Crippen LogP contribution in [-0.4, -0.2) is 51.0 Å². The highest BCUT2D eigenvalue weighted by Crippen LogP contribution is 2.27. The van der Waals surface area contributed by atoms with Crippen LogP contribution in [0.5, 0.6) is 0 Å². The number of hydrogen-bond donors (Lipinski definition) is 1. The Bertz CT molecular complexity index is 1080. The van der Waals surface area contributed by atoms with Gasteiger partial charge in [-0.2, -0.15) is 4.98 Å². The van der Waals surface area contributed by atoms with Crippen molar-refractivity contribution in [2.75, 3.05) is 25.1 Å². The molecule has 0 bridgehead atoms. The third kappa shape index (κ3) is 4.59. The lowest BCUT2D eigenvalue weighted by Gasteiger charge is -2.29. The van der Waals surface area contributed by atoms with Gasteiger partial charge in [0.05, 0.1) is 6.54 Å². The number of nitrogens with one attached hydrogen (secondary N) is 1. The number of likely N-dealkylation sites (tertiary alicyclic amines) is 1. The second-order valence-electron chi connectivity index (χ2n) is 8.08. The van der Waals surface area contributed by atoms with Gasteiger partial charge in [-0.3, -0.25) is 24.6 Å². The van der Waals surface area contributed by atoms with Crippen molar-refractivity contribution in [2.45, 2.75) is 39.5 Å². The van der Waals surface area contributed by atoms with Crippen LogP contribution in [0.25, 0.3) is 0 Å². The minimum Gasteiger partial charge on any atom is -0.339 e. The monoisotopic (exact) mass is 421 g/mol. The lowest BCUT2D eigenvalue weighted by atomic mass is 9.96. The molecule has 0 spiro atoms. The SMILES string of the molecule is Cc1noc(C2CCN(CC(=O)c3cc(C)n(NC(=O)c4ccccc4)c3C)CC2)n1. The molecule has 1 aliphatic rings. The number of carbonyl (C=O) groups is 2. The van der Waals surface area contributed by atoms with Crippen molar-refractivity contribution in [3.63, 3.8) is 0 Å². The lowest BCUT2D eigenvalue weighted by molar-refractivity contribution is 0.0902. The Morgan fingerprint density at radius 3 is 2.48 bits per heavy atom. The standard InChI is InChI=1S/C23H27N5O3/c1-15-13-20(16(2)28(15)25-22(30)18-7-5-4-6-8-18)21(29)14-27-11-9-19(10-12-27)23-24-17(3)26-31-23/h4-8,13,19H,9-12,14H2,1-3H3,(H,25,30). The van der Waals surface area contributed by atoms with Crippen molar-refractivity contribution in [1.29, 1.82) is 0 Å². The van der Waals surface area contributed by atoms with Crippen LogP contribution in [0.2, 0.25) is 0 Å². The van der Waals surface area contributed by atoms with E-state index in [9.17, 15) is 9.59 Å². The van der Waals surface area contributed by atoms with Crippen LogP contribution in [-0.2, 0) is 0 Å². The quantitative estimate of drug-likeness (QED) is 0.614. The summed E-state index contributed by atoms with van der Waals surface area (Å²) in [5, 5.41) is 3.87. The Morgan fingerprint density at radius 1 is 1.13 bits per heavy atom. The Hall–Kier alpha value is -3.26. The fourth-order valence-corrected chi connectivity index (χ4v) is 4.08. The second kappa shape index (κ2) is 8.85. The van der Waals surface area contributed by atoms with Crippen LogP contribution >= 0.6 is 0 Å². The summed E-state index contributed by atoms with van der Waals surface area (Å²) in [5.74, 6) is 1.45. The predicted molar refractivity (Wildman–Crippen MR) is 116 cm³/mol. The summed E-state index contributed by atoms with van der Waals surface area (Å²) in [5.41, 5.74) is 5.65. The fourth-order valence-electron chi connectivity index (χ4n) is 4.08. The van der Waals surface area contributed by atoms with Crippen LogP contribution in [0.1, 0.15) is 62.6 Å². The van der Waals surface area contributed by atoms with Gasteiger partial charge >= 0.3 is 0 Å². The van der Waals surface area contributed by atoms with Gasteiger partial charge < -0.3 is 4.52 Å². The summed E-state index contributed by atoms with van der Waals surface area (Å²) in [6.45, 7) is 7.53. The molecule has 162 valence electrons. The van der Waals surface area contributed by atoms with Crippen LogP contribution in [0.3, 0.4) is 0 Å². The van der Waals surface area contributed by atoms with Crippen LogP contribution in [0, 0.1) is 20.8 Å². The number of benzene rings is 1. The zero-order chi connectivity index (χ0) is 22.0. The maximum Gasteiger partial charge on any atom is 0.270 e. The Morgan fingerprint density at radius 2 is 1.84 bits per heavy atom. The number of piperidine rings is 1. The third-order valence-corrected chi connectivity index (χ3v) is 5.83. The average molecular weight is 422 g/mol. The maximum atomic E-state index is 13.0. The largest absolute Gasteiger partial charge is 0.339 e. The number of ketones is 1. The number of amides is 1. The van der Waals surface area contributed by atoms with Crippen LogP contribution in [0.15, 0.2) is 40.9 Å². The van der Waals surface area contributed by atoms with E-state index in [1.54, 1.807) is 16.8 Å². The summed E-state index contributed by atoms with van der Waals surface area (Å²) in [4.78, 5) is 32.0. The first-order valence-electron chi connectivity index (χ1n) is 10.5. The summed E-state index contributed by atoms with van der Waals surface area (Å²) in [7, 11) is 0. The number of carbonyl (C=O) groups excluding carboxylic acids is 2. The van der Waals surface area contributed by atoms with Crippen molar-refractivity contribution in [1.82, 2.24) is 19.7 Å². The van der Waals surface area contributed by atoms with Gasteiger partial charge in [0.25, 0.3) is 5.91 Å². The first-order valence-corrected chi connectivity index (χ1v) is 10.5. The van der Waals surface area contributed by atoms with Gasteiger partial charge in [-0.05, 0) is 64.9 Å². The highest BCUT2D eigenvalue weighted by molar-refractivity contribution is 6.01. The molecule has 3 heterocycles. The number of hydrogen-bond acceptors (Lipinski definition) is 6. The molecular formula is C23H27N5O3. The van der Waals surface area contributed by atoms with E-state index in [1.807, 2.05) is 45.0 Å². The molecular weight excluding hydrogens is 394 g/mol. The summed E-state index contributed by atoms with van der Waals surface area (Å²) >= 11 is 0.